The van der Waals surface area contributed by atoms with E-state index < -0.39 is 12.0 Å². The molecule has 0 rings (SSSR count). The van der Waals surface area contributed by atoms with Crippen LogP contribution in [0.5, 0.6) is 0 Å². The molecular weight excluding hydrogens is 220 g/mol. The molecule has 0 radical (unpaired) electrons. The highest BCUT2D eigenvalue weighted by atomic mass is 16.5. The minimum atomic E-state index is -0.630. The summed E-state index contributed by atoms with van der Waals surface area (Å²) in [5, 5.41) is 2.55. The summed E-state index contributed by atoms with van der Waals surface area (Å²) >= 11 is 0. The Labute approximate surface area is 103 Å². The number of nitrogens with two attached hydrogens (primary N) is 1. The number of methoxy groups -OCH3 is 1. The second-order valence-electron chi connectivity index (χ2n) is 5.54. The van der Waals surface area contributed by atoms with Gasteiger partial charge >= 0.3 is 5.97 Å². The van der Waals surface area contributed by atoms with Crippen LogP contribution in [0.2, 0.25) is 0 Å². The number of hydrogen-bond acceptors (Lipinski definition) is 4. The van der Waals surface area contributed by atoms with Crippen molar-refractivity contribution >= 4 is 11.9 Å². The van der Waals surface area contributed by atoms with Crippen molar-refractivity contribution in [2.45, 2.75) is 52.6 Å². The van der Waals surface area contributed by atoms with Crippen LogP contribution in [0.1, 0.15) is 40.5 Å². The van der Waals surface area contributed by atoms with Gasteiger partial charge in [-0.25, -0.2) is 4.79 Å². The molecule has 0 saturated carbocycles. The maximum Gasteiger partial charge on any atom is 0.328 e. The molecule has 0 spiro atoms. The third-order valence-corrected chi connectivity index (χ3v) is 2.25. The van der Waals surface area contributed by atoms with Gasteiger partial charge in [0.2, 0.25) is 5.91 Å². The van der Waals surface area contributed by atoms with Crippen LogP contribution >= 0.6 is 0 Å². The van der Waals surface area contributed by atoms with E-state index in [-0.39, 0.29) is 23.8 Å². The van der Waals surface area contributed by atoms with Crippen molar-refractivity contribution in [3.05, 3.63) is 0 Å². The second-order valence-corrected chi connectivity index (χ2v) is 5.54. The Bertz CT molecular complexity index is 271. The highest BCUT2D eigenvalue weighted by Crippen LogP contribution is 2.20. The van der Waals surface area contributed by atoms with Gasteiger partial charge in [0.1, 0.15) is 6.04 Å². The lowest BCUT2D eigenvalue weighted by molar-refractivity contribution is -0.144. The first kappa shape index (κ1) is 15.9. The van der Waals surface area contributed by atoms with Crippen LogP contribution in [-0.4, -0.2) is 31.1 Å². The fourth-order valence-electron chi connectivity index (χ4n) is 1.63. The smallest absolute Gasteiger partial charge is 0.328 e. The first-order valence-electron chi connectivity index (χ1n) is 5.78. The first-order chi connectivity index (χ1) is 7.65. The number of carbonyl (C=O) groups excluding carboxylic acids is 2. The Morgan fingerprint density at radius 1 is 1.35 bits per heavy atom. The van der Waals surface area contributed by atoms with Gasteiger partial charge in [-0.2, -0.15) is 0 Å². The summed E-state index contributed by atoms with van der Waals surface area (Å²) in [7, 11) is 1.29. The number of nitrogens with one attached hydrogen (secondary N) is 1. The Kier molecular flexibility index (Phi) is 6.16. The highest BCUT2D eigenvalue weighted by molar-refractivity contribution is 5.84. The lowest BCUT2D eigenvalue weighted by Gasteiger charge is -2.23. The van der Waals surface area contributed by atoms with E-state index >= 15 is 0 Å². The molecule has 17 heavy (non-hydrogen) atoms. The normalized spacial score (nSPS) is 14.9. The minimum absolute atomic E-state index is 0.0909. The monoisotopic (exact) mass is 244 g/mol. The molecule has 3 N–H and O–H groups in total. The van der Waals surface area contributed by atoms with Gasteiger partial charge in [-0.05, 0) is 18.8 Å². The van der Waals surface area contributed by atoms with Gasteiger partial charge in [0, 0.05) is 12.5 Å². The predicted molar refractivity (Wildman–Crippen MR) is 66.3 cm³/mol. The molecule has 1 amide bonds. The molecule has 0 saturated heterocycles. The molecule has 2 unspecified atom stereocenters. The number of amides is 1. The molecule has 0 heterocycles. The molecule has 0 aromatic rings. The molecule has 0 bridgehead atoms. The van der Waals surface area contributed by atoms with Crippen LogP contribution in [0.25, 0.3) is 0 Å². The quantitative estimate of drug-likeness (QED) is 0.701. The van der Waals surface area contributed by atoms with E-state index in [1.807, 2.05) is 0 Å². The molecule has 0 aliphatic rings. The summed E-state index contributed by atoms with van der Waals surface area (Å²) < 4.78 is 4.51. The number of carbonyl (C=O) groups is 2. The third kappa shape index (κ3) is 7.74. The predicted octanol–water partition coefficient (Wildman–Crippen LogP) is 0.818. The summed E-state index contributed by atoms with van der Waals surface area (Å²) in [4.78, 5) is 22.7. The average molecular weight is 244 g/mol. The van der Waals surface area contributed by atoms with Crippen molar-refractivity contribution in [1.29, 1.82) is 0 Å². The maximum atomic E-state index is 11.6. The Morgan fingerprint density at radius 3 is 2.29 bits per heavy atom. The lowest BCUT2D eigenvalue weighted by atomic mass is 9.87. The van der Waals surface area contributed by atoms with Crippen molar-refractivity contribution in [1.82, 2.24) is 5.32 Å². The number of esters is 1. The van der Waals surface area contributed by atoms with Crippen LogP contribution < -0.4 is 11.1 Å². The standard InChI is InChI=1S/C12H24N2O3/c1-8(11(16)17-5)14-10(15)6-9(13)7-12(2,3)4/h8-9H,6-7,13H2,1-5H3,(H,14,15). The molecule has 5 heteroatoms. The van der Waals surface area contributed by atoms with Crippen molar-refractivity contribution in [2.24, 2.45) is 11.1 Å². The molecule has 0 aromatic carbocycles. The third-order valence-electron chi connectivity index (χ3n) is 2.25. The van der Waals surface area contributed by atoms with E-state index in [0.717, 1.165) is 6.42 Å². The molecule has 0 aliphatic heterocycles. The molecule has 0 fully saturated rings. The van der Waals surface area contributed by atoms with Gasteiger partial charge in [0.05, 0.1) is 7.11 Å². The molecule has 0 aromatic heterocycles. The largest absolute Gasteiger partial charge is 0.467 e. The van der Waals surface area contributed by atoms with E-state index in [0.29, 0.717) is 0 Å². The summed E-state index contributed by atoms with van der Waals surface area (Å²) in [6.45, 7) is 7.80. The number of ether oxygens (including phenoxy) is 1. The maximum absolute atomic E-state index is 11.6. The van der Waals surface area contributed by atoms with E-state index in [9.17, 15) is 9.59 Å². The molecule has 0 aliphatic carbocycles. The summed E-state index contributed by atoms with van der Waals surface area (Å²) in [5.74, 6) is -0.678. The summed E-state index contributed by atoms with van der Waals surface area (Å²) in [6, 6.07) is -0.825. The molecule has 2 atom stereocenters. The number of hydrogen-bond donors (Lipinski definition) is 2. The van der Waals surface area contributed by atoms with E-state index in [1.165, 1.54) is 7.11 Å². The molecular formula is C12H24N2O3. The zero-order valence-corrected chi connectivity index (χ0v) is 11.4. The highest BCUT2D eigenvalue weighted by Gasteiger charge is 2.20. The van der Waals surface area contributed by atoms with E-state index in [2.05, 4.69) is 30.8 Å². The zero-order chi connectivity index (χ0) is 13.6. The van der Waals surface area contributed by atoms with Gasteiger partial charge in [0.25, 0.3) is 0 Å². The van der Waals surface area contributed by atoms with E-state index in [1.54, 1.807) is 6.92 Å². The minimum Gasteiger partial charge on any atom is -0.467 e. The summed E-state index contributed by atoms with van der Waals surface area (Å²) in [6.07, 6.45) is 0.978. The SMILES string of the molecule is COC(=O)C(C)NC(=O)CC(N)CC(C)(C)C. The van der Waals surface area contributed by atoms with Gasteiger partial charge in [-0.15, -0.1) is 0 Å². The fourth-order valence-corrected chi connectivity index (χ4v) is 1.63. The average Bonchev–Trinajstić information content (AvgIpc) is 2.12. The lowest BCUT2D eigenvalue weighted by Crippen LogP contribution is -2.42. The van der Waals surface area contributed by atoms with Crippen LogP contribution in [0.3, 0.4) is 0 Å². The first-order valence-corrected chi connectivity index (χ1v) is 5.78. The topological polar surface area (TPSA) is 81.4 Å². The van der Waals surface area contributed by atoms with Gasteiger partial charge in [0.15, 0.2) is 0 Å². The Hall–Kier alpha value is -1.10. The van der Waals surface area contributed by atoms with Crippen LogP contribution in [0.4, 0.5) is 0 Å². The van der Waals surface area contributed by atoms with Gasteiger partial charge in [-0.1, -0.05) is 20.8 Å². The van der Waals surface area contributed by atoms with Crippen molar-refractivity contribution in [2.75, 3.05) is 7.11 Å². The van der Waals surface area contributed by atoms with Crippen LogP contribution in [0.15, 0.2) is 0 Å². The summed E-state index contributed by atoms with van der Waals surface area (Å²) in [5.41, 5.74) is 5.96. The van der Waals surface area contributed by atoms with Gasteiger partial charge in [-0.3, -0.25) is 4.79 Å². The fraction of sp³-hybridized carbons (Fsp3) is 0.833. The second kappa shape index (κ2) is 6.59. The van der Waals surface area contributed by atoms with Crippen molar-refractivity contribution in [3.8, 4) is 0 Å². The zero-order valence-electron chi connectivity index (χ0n) is 11.4. The van der Waals surface area contributed by atoms with Crippen LogP contribution in [-0.2, 0) is 14.3 Å². The molecule has 100 valence electrons. The Balaban J connectivity index is 4.06. The van der Waals surface area contributed by atoms with Gasteiger partial charge < -0.3 is 15.8 Å². The number of rotatable bonds is 5. The van der Waals surface area contributed by atoms with E-state index in [4.69, 9.17) is 5.73 Å². The Morgan fingerprint density at radius 2 is 1.88 bits per heavy atom. The van der Waals surface area contributed by atoms with Crippen molar-refractivity contribution in [3.63, 3.8) is 0 Å². The molecule has 5 nitrogen and oxygen atoms in total. The van der Waals surface area contributed by atoms with Crippen molar-refractivity contribution < 1.29 is 14.3 Å². The van der Waals surface area contributed by atoms with Crippen LogP contribution in [0, 0.1) is 5.41 Å².